The van der Waals surface area contributed by atoms with Gasteiger partial charge in [-0.25, -0.2) is 0 Å². The Balaban J connectivity index is 1.48. The van der Waals surface area contributed by atoms with Gasteiger partial charge in [0.05, 0.1) is 5.56 Å². The number of nitrogens with zero attached hydrogens (tertiary/aromatic N) is 1. The van der Waals surface area contributed by atoms with Crippen molar-refractivity contribution in [3.8, 4) is 5.75 Å². The molecular formula is C31H35N3O7. The zero-order chi connectivity index (χ0) is 29.4. The van der Waals surface area contributed by atoms with Crippen LogP contribution in [0.2, 0.25) is 0 Å². The minimum Gasteiger partial charge on any atom is -0.511 e. The summed E-state index contributed by atoms with van der Waals surface area (Å²) in [6.45, 7) is 0.621. The lowest BCUT2D eigenvalue weighted by Gasteiger charge is -2.46. The predicted octanol–water partition coefficient (Wildman–Crippen LogP) is 2.83. The first-order chi connectivity index (χ1) is 19.4. The highest BCUT2D eigenvalue weighted by molar-refractivity contribution is 6.25. The lowest BCUT2D eigenvalue weighted by molar-refractivity contribution is -0.144. The van der Waals surface area contributed by atoms with Crippen molar-refractivity contribution in [2.75, 3.05) is 19.0 Å². The van der Waals surface area contributed by atoms with E-state index in [1.54, 1.807) is 0 Å². The molecule has 0 spiro atoms. The van der Waals surface area contributed by atoms with Crippen LogP contribution in [0.3, 0.4) is 0 Å². The number of phenolic OH excluding ortho intramolecular Hbond substituents is 1. The maximum Gasteiger partial charge on any atom is 0.255 e. The Morgan fingerprint density at radius 3 is 2.46 bits per heavy atom. The highest BCUT2D eigenvalue weighted by atomic mass is 16.3. The zero-order valence-corrected chi connectivity index (χ0v) is 23.2. The van der Waals surface area contributed by atoms with E-state index in [1.807, 2.05) is 37.2 Å². The first kappa shape index (κ1) is 27.3. The zero-order valence-electron chi connectivity index (χ0n) is 23.2. The third-order valence-electron chi connectivity index (χ3n) is 9.47. The Morgan fingerprint density at radius 2 is 1.80 bits per heavy atom. The van der Waals surface area contributed by atoms with Gasteiger partial charge < -0.3 is 36.4 Å². The number of phenols is 1. The average Bonchev–Trinajstić information content (AvgIpc) is 3.43. The number of carbonyl (C=O) groups is 3. The number of hydrogen-bond donors (Lipinski definition) is 6. The number of allylic oxidation sites excluding steroid dienone is 2. The van der Waals surface area contributed by atoms with Crippen molar-refractivity contribution in [3.63, 3.8) is 0 Å². The number of primary amides is 1. The molecule has 0 heterocycles. The minimum atomic E-state index is -2.58. The van der Waals surface area contributed by atoms with Crippen LogP contribution in [0.1, 0.15) is 60.0 Å². The lowest BCUT2D eigenvalue weighted by atomic mass is 9.60. The van der Waals surface area contributed by atoms with E-state index < -0.39 is 52.0 Å². The van der Waals surface area contributed by atoms with Crippen molar-refractivity contribution in [1.29, 1.82) is 0 Å². The first-order valence-electron chi connectivity index (χ1n) is 14.1. The van der Waals surface area contributed by atoms with Crippen molar-refractivity contribution in [3.05, 3.63) is 57.6 Å². The van der Waals surface area contributed by atoms with E-state index >= 15 is 0 Å². The van der Waals surface area contributed by atoms with Gasteiger partial charge in [0.15, 0.2) is 11.4 Å². The third kappa shape index (κ3) is 3.95. The largest absolute Gasteiger partial charge is 0.511 e. The van der Waals surface area contributed by atoms with Crippen LogP contribution in [0.25, 0.3) is 10.8 Å². The number of hydrogen-bond acceptors (Lipinski definition) is 9. The molecule has 10 nitrogen and oxygen atoms in total. The summed E-state index contributed by atoms with van der Waals surface area (Å²) in [5, 5.41) is 49.6. The van der Waals surface area contributed by atoms with Crippen LogP contribution in [0.4, 0.5) is 5.69 Å². The Bertz CT molecular complexity index is 1580. The van der Waals surface area contributed by atoms with E-state index in [4.69, 9.17) is 5.73 Å². The number of aromatic hydroxyl groups is 1. The summed E-state index contributed by atoms with van der Waals surface area (Å²) in [6, 6.07) is 6.31. The molecule has 0 aromatic heterocycles. The van der Waals surface area contributed by atoms with Crippen LogP contribution < -0.4 is 16.0 Å². The second-order valence-corrected chi connectivity index (χ2v) is 12.1. The molecule has 7 N–H and O–H groups in total. The van der Waals surface area contributed by atoms with Crippen molar-refractivity contribution >= 4 is 33.9 Å². The summed E-state index contributed by atoms with van der Waals surface area (Å²) in [5.74, 6) is -6.27. The molecule has 41 heavy (non-hydrogen) atoms. The third-order valence-corrected chi connectivity index (χ3v) is 9.47. The number of nitrogens with one attached hydrogen (secondary N) is 1. The molecule has 0 aliphatic heterocycles. The SMILES string of the molecule is CN(C)c1c2c(c(O)c3cc(CNC4CCCC4)ccc13)C(=O)C1=C(O)[C@]3(O)C(=O)C(C(N)=O)=C(O)C[C@@H]3CC1C2. The molecule has 1 saturated carbocycles. The van der Waals surface area contributed by atoms with Gasteiger partial charge in [0.1, 0.15) is 22.8 Å². The number of rotatable bonds is 5. The maximum atomic E-state index is 14.1. The number of fused-ring (bicyclic) bond motifs is 4. The lowest BCUT2D eigenvalue weighted by Crippen LogP contribution is -2.57. The number of anilines is 1. The monoisotopic (exact) mass is 561 g/mol. The number of carbonyl (C=O) groups excluding carboxylic acids is 3. The van der Waals surface area contributed by atoms with Crippen LogP contribution in [-0.4, -0.2) is 63.6 Å². The fourth-order valence-corrected chi connectivity index (χ4v) is 7.53. The summed E-state index contributed by atoms with van der Waals surface area (Å²) in [7, 11) is 3.73. The topological polar surface area (TPSA) is 173 Å². The van der Waals surface area contributed by atoms with Gasteiger partial charge in [-0.15, -0.1) is 0 Å². The van der Waals surface area contributed by atoms with E-state index in [2.05, 4.69) is 5.32 Å². The van der Waals surface area contributed by atoms with Crippen LogP contribution in [-0.2, 0) is 22.6 Å². The van der Waals surface area contributed by atoms with Gasteiger partial charge in [-0.1, -0.05) is 25.0 Å². The van der Waals surface area contributed by atoms with Crippen molar-refractivity contribution in [1.82, 2.24) is 5.32 Å². The quantitative estimate of drug-likeness (QED) is 0.300. The molecule has 2 aromatic carbocycles. The summed E-state index contributed by atoms with van der Waals surface area (Å²) < 4.78 is 0. The molecule has 6 rings (SSSR count). The summed E-state index contributed by atoms with van der Waals surface area (Å²) in [4.78, 5) is 41.1. The summed E-state index contributed by atoms with van der Waals surface area (Å²) in [6.07, 6.45) is 4.80. The first-order valence-corrected chi connectivity index (χ1v) is 14.1. The second-order valence-electron chi connectivity index (χ2n) is 12.1. The van der Waals surface area contributed by atoms with Gasteiger partial charge in [0.2, 0.25) is 5.78 Å². The van der Waals surface area contributed by atoms with Crippen molar-refractivity contribution in [2.45, 2.75) is 63.1 Å². The normalized spacial score (nSPS) is 26.3. The molecule has 3 atom stereocenters. The molecule has 0 radical (unpaired) electrons. The Kier molecular flexibility index (Phi) is 6.39. The van der Waals surface area contributed by atoms with E-state index in [0.29, 0.717) is 23.5 Å². The van der Waals surface area contributed by atoms with E-state index in [0.717, 1.165) is 29.5 Å². The number of nitrogens with two attached hydrogens (primary N) is 1. The molecular weight excluding hydrogens is 526 g/mol. The molecule has 0 bridgehead atoms. The number of aliphatic hydroxyl groups is 3. The molecule has 0 saturated heterocycles. The van der Waals surface area contributed by atoms with Crippen LogP contribution in [0.5, 0.6) is 5.75 Å². The minimum absolute atomic E-state index is 0.0266. The van der Waals surface area contributed by atoms with E-state index in [1.165, 1.54) is 12.8 Å². The van der Waals surface area contributed by atoms with Gasteiger partial charge in [0.25, 0.3) is 5.91 Å². The molecule has 10 heteroatoms. The Labute approximate surface area is 237 Å². The van der Waals surface area contributed by atoms with Gasteiger partial charge >= 0.3 is 0 Å². The molecule has 1 fully saturated rings. The van der Waals surface area contributed by atoms with Crippen LogP contribution in [0.15, 0.2) is 40.9 Å². The number of benzene rings is 2. The molecule has 4 aliphatic rings. The molecule has 1 amide bonds. The number of amides is 1. The number of ketones is 2. The summed E-state index contributed by atoms with van der Waals surface area (Å²) in [5.41, 5.74) is 4.15. The number of aliphatic hydroxyl groups excluding tert-OH is 2. The van der Waals surface area contributed by atoms with Crippen molar-refractivity contribution < 1.29 is 34.8 Å². The van der Waals surface area contributed by atoms with E-state index in [9.17, 15) is 34.8 Å². The maximum absolute atomic E-state index is 14.1. The Morgan fingerprint density at radius 1 is 1.10 bits per heavy atom. The fraction of sp³-hybridized carbons (Fsp3) is 0.452. The van der Waals surface area contributed by atoms with Gasteiger partial charge in [0, 0.05) is 61.1 Å². The fourth-order valence-electron chi connectivity index (χ4n) is 7.53. The van der Waals surface area contributed by atoms with E-state index in [-0.39, 0.29) is 36.1 Å². The van der Waals surface area contributed by atoms with Crippen molar-refractivity contribution in [2.24, 2.45) is 17.6 Å². The highest BCUT2D eigenvalue weighted by Crippen LogP contribution is 2.53. The van der Waals surface area contributed by atoms with Crippen LogP contribution >= 0.6 is 0 Å². The smallest absolute Gasteiger partial charge is 0.255 e. The van der Waals surface area contributed by atoms with Gasteiger partial charge in [-0.2, -0.15) is 0 Å². The molecule has 2 aromatic rings. The number of Topliss-reactive ketones (excluding diaryl/α,β-unsaturated/α-hetero) is 2. The van der Waals surface area contributed by atoms with Gasteiger partial charge in [-0.3, -0.25) is 14.4 Å². The predicted molar refractivity (Wildman–Crippen MR) is 152 cm³/mol. The standard InChI is InChI=1S/C31H35N3O7/c1-34(2)25-18-8-7-14(13-33-17-5-3-4-6-17)9-19(18)26(36)23-20(25)11-15-10-16-12-21(35)24(30(32)40)29(39)31(16,41)28(38)22(15)27(23)37/h7-9,15-17,33,35-36,38,41H,3-6,10-13H2,1-2H3,(H2,32,40)/t15?,16-,31-/m0/s1. The van der Waals surface area contributed by atoms with Gasteiger partial charge in [-0.05, 0) is 48.8 Å². The second kappa shape index (κ2) is 9.60. The van der Waals surface area contributed by atoms with Crippen LogP contribution in [0, 0.1) is 11.8 Å². The molecule has 4 aliphatic carbocycles. The average molecular weight is 562 g/mol. The molecule has 216 valence electrons. The summed E-state index contributed by atoms with van der Waals surface area (Å²) >= 11 is 0. The Hall–Kier alpha value is -3.89. The molecule has 1 unspecified atom stereocenters. The highest BCUT2D eigenvalue weighted by Gasteiger charge is 2.59.